The monoisotopic (exact) mass is 137 g/mol. The van der Waals surface area contributed by atoms with Gasteiger partial charge in [-0.05, 0) is 5.75 Å². The Morgan fingerprint density at radius 2 is 2.67 bits per heavy atom. The van der Waals surface area contributed by atoms with Crippen molar-refractivity contribution in [3.05, 3.63) is 0 Å². The molecular formula is C3H5S3-. The Bertz CT molecular complexity index is 109. The highest BCUT2D eigenvalue weighted by atomic mass is 33.3. The van der Waals surface area contributed by atoms with E-state index in [1.165, 1.54) is 12.2 Å². The minimum Gasteiger partial charge on any atom is -0.358 e. The summed E-state index contributed by atoms with van der Waals surface area (Å²) >= 11 is 4.94. The summed E-state index contributed by atoms with van der Waals surface area (Å²) in [5, 5.41) is 2.21. The van der Waals surface area contributed by atoms with E-state index in [4.69, 9.17) is 11.2 Å². The van der Waals surface area contributed by atoms with E-state index in [0.717, 1.165) is 0 Å². The summed E-state index contributed by atoms with van der Waals surface area (Å²) in [6.45, 7) is 0. The average Bonchev–Trinajstić information content (AvgIpc) is 1.86. The second-order valence-corrected chi connectivity index (χ2v) is 6.03. The fourth-order valence-electron chi connectivity index (χ4n) is 0.323. The molecule has 0 spiro atoms. The first kappa shape index (κ1) is 4.94. The Hall–Kier alpha value is 0.790. The summed E-state index contributed by atoms with van der Waals surface area (Å²) in [6.07, 6.45) is 1.23. The maximum Gasteiger partial charge on any atom is -0.0257 e. The van der Waals surface area contributed by atoms with Gasteiger partial charge in [0.05, 0.1) is 0 Å². The van der Waals surface area contributed by atoms with Gasteiger partial charge in [0.2, 0.25) is 0 Å². The molecule has 0 fully saturated rings. The molecule has 1 aliphatic rings. The minimum absolute atomic E-state index is 0.202. The van der Waals surface area contributed by atoms with Crippen molar-refractivity contribution in [2.24, 2.45) is 0 Å². The maximum absolute atomic E-state index is 4.94. The maximum atomic E-state index is 4.94. The molecule has 0 nitrogen and oxygen atoms in total. The molecule has 0 aromatic carbocycles. The SMILES string of the molecule is S=[S-]1=CCCS1. The van der Waals surface area contributed by atoms with E-state index < -0.39 is 0 Å². The predicted molar refractivity (Wildman–Crippen MR) is 37.9 cm³/mol. The van der Waals surface area contributed by atoms with E-state index >= 15 is 0 Å². The highest BCUT2D eigenvalue weighted by molar-refractivity contribution is 8.81. The van der Waals surface area contributed by atoms with Crippen LogP contribution in [0.4, 0.5) is 0 Å². The van der Waals surface area contributed by atoms with Crippen LogP contribution in [-0.2, 0) is 19.3 Å². The van der Waals surface area contributed by atoms with Gasteiger partial charge in [-0.15, -0.1) is 0 Å². The summed E-state index contributed by atoms with van der Waals surface area (Å²) in [6, 6.07) is 0. The van der Waals surface area contributed by atoms with Crippen molar-refractivity contribution >= 4 is 35.4 Å². The molecule has 6 heavy (non-hydrogen) atoms. The van der Waals surface area contributed by atoms with Crippen molar-refractivity contribution in [2.45, 2.75) is 6.42 Å². The second kappa shape index (κ2) is 2.19. The van der Waals surface area contributed by atoms with Crippen LogP contribution < -0.4 is 0 Å². The quantitative estimate of drug-likeness (QED) is 0.277. The normalized spacial score (nSPS) is 24.0. The third-order valence-electron chi connectivity index (χ3n) is 0.571. The topological polar surface area (TPSA) is 0 Å². The lowest BCUT2D eigenvalue weighted by atomic mass is 10.6. The van der Waals surface area contributed by atoms with Gasteiger partial charge in [-0.3, -0.25) is 22.0 Å². The van der Waals surface area contributed by atoms with Crippen LogP contribution in [0.3, 0.4) is 0 Å². The first-order valence-electron chi connectivity index (χ1n) is 1.77. The van der Waals surface area contributed by atoms with E-state index in [0.29, 0.717) is 0 Å². The molecule has 0 unspecified atom stereocenters. The van der Waals surface area contributed by atoms with Crippen molar-refractivity contribution in [1.82, 2.24) is 0 Å². The van der Waals surface area contributed by atoms with Crippen molar-refractivity contribution in [1.29, 1.82) is 0 Å². The molecule has 0 bridgehead atoms. The lowest BCUT2D eigenvalue weighted by Gasteiger charge is -1.89. The Morgan fingerprint density at radius 1 is 1.83 bits per heavy atom. The van der Waals surface area contributed by atoms with Crippen molar-refractivity contribution in [2.75, 3.05) is 5.75 Å². The third kappa shape index (κ3) is 1.13. The molecule has 0 N–H and O–H groups in total. The molecule has 0 saturated carbocycles. The highest BCUT2D eigenvalue weighted by Crippen LogP contribution is 2.08. The molecule has 1 rings (SSSR count). The van der Waals surface area contributed by atoms with Gasteiger partial charge >= 0.3 is 0 Å². The molecule has 0 saturated heterocycles. The van der Waals surface area contributed by atoms with Crippen LogP contribution in [-0.4, -0.2) is 11.1 Å². The van der Waals surface area contributed by atoms with Crippen LogP contribution in [0, 0.1) is 0 Å². The van der Waals surface area contributed by atoms with E-state index in [2.05, 4.69) is 5.37 Å². The number of hydrogen-bond acceptors (Lipinski definition) is 3. The van der Waals surface area contributed by atoms with E-state index in [1.807, 2.05) is 10.8 Å². The summed E-state index contributed by atoms with van der Waals surface area (Å²) < 4.78 is 0. The molecule has 0 atom stereocenters. The summed E-state index contributed by atoms with van der Waals surface area (Å²) in [5.74, 6) is 1.26. The zero-order valence-electron chi connectivity index (χ0n) is 3.22. The van der Waals surface area contributed by atoms with Crippen molar-refractivity contribution in [3.63, 3.8) is 0 Å². The van der Waals surface area contributed by atoms with Crippen LogP contribution >= 0.6 is 10.8 Å². The molecule has 3 heteroatoms. The predicted octanol–water partition coefficient (Wildman–Crippen LogP) is 0.921. The van der Waals surface area contributed by atoms with E-state index in [9.17, 15) is 0 Å². The van der Waals surface area contributed by atoms with Crippen molar-refractivity contribution in [3.8, 4) is 0 Å². The van der Waals surface area contributed by atoms with Crippen LogP contribution in [0.5, 0.6) is 0 Å². The minimum atomic E-state index is 0.202. The van der Waals surface area contributed by atoms with Gasteiger partial charge in [0.15, 0.2) is 0 Å². The zero-order valence-corrected chi connectivity index (χ0v) is 5.67. The standard InChI is InChI=1S/C3H5S3/c4-6-3-1-2-5-6/h3H,1-2H2/q-1. The second-order valence-electron chi connectivity index (χ2n) is 1.04. The molecule has 0 aromatic rings. The Morgan fingerprint density at radius 3 is 2.83 bits per heavy atom. The average molecular weight is 137 g/mol. The van der Waals surface area contributed by atoms with Gasteiger partial charge in [-0.2, -0.15) is 5.37 Å². The van der Waals surface area contributed by atoms with Gasteiger partial charge < -0.3 is 8.08 Å². The molecule has 36 valence electrons. The molecular weight excluding hydrogens is 132 g/mol. The lowest BCUT2D eigenvalue weighted by molar-refractivity contribution is 1.39. The lowest BCUT2D eigenvalue weighted by Crippen LogP contribution is -1.63. The largest absolute Gasteiger partial charge is 0.358 e. The summed E-state index contributed by atoms with van der Waals surface area (Å²) in [5.41, 5.74) is 0. The number of hydrogen-bond donors (Lipinski definition) is 0. The van der Waals surface area contributed by atoms with Crippen molar-refractivity contribution < 1.29 is 0 Å². The van der Waals surface area contributed by atoms with E-state index in [1.54, 1.807) is 0 Å². The Balaban J connectivity index is 2.68. The fraction of sp³-hybridized carbons (Fsp3) is 0.667. The fourth-order valence-corrected chi connectivity index (χ4v) is 3.52. The van der Waals surface area contributed by atoms with Gasteiger partial charge in [0.25, 0.3) is 0 Å². The van der Waals surface area contributed by atoms with E-state index in [-0.39, 0.29) is 8.08 Å². The first-order valence-corrected chi connectivity index (χ1v) is 5.48. The number of rotatable bonds is 0. The van der Waals surface area contributed by atoms with Crippen LogP contribution in [0.1, 0.15) is 6.42 Å². The molecule has 0 aliphatic carbocycles. The smallest absolute Gasteiger partial charge is 0.0257 e. The molecule has 0 radical (unpaired) electrons. The molecule has 1 heterocycles. The third-order valence-corrected chi connectivity index (χ3v) is 4.59. The first-order chi connectivity index (χ1) is 2.89. The molecule has 0 amide bonds. The molecule has 1 aliphatic heterocycles. The Labute approximate surface area is 47.9 Å². The van der Waals surface area contributed by atoms with Gasteiger partial charge in [0.1, 0.15) is 0 Å². The van der Waals surface area contributed by atoms with Gasteiger partial charge in [-0.25, -0.2) is 0 Å². The molecule has 0 aromatic heterocycles. The van der Waals surface area contributed by atoms with Crippen LogP contribution in [0.25, 0.3) is 0 Å². The van der Waals surface area contributed by atoms with Gasteiger partial charge in [-0.1, -0.05) is 6.42 Å². The zero-order chi connectivity index (χ0) is 4.41. The van der Waals surface area contributed by atoms with Gasteiger partial charge in [0, 0.05) is 0 Å². The highest BCUT2D eigenvalue weighted by Gasteiger charge is 1.78. The summed E-state index contributed by atoms with van der Waals surface area (Å²) in [7, 11) is 2.09. The summed E-state index contributed by atoms with van der Waals surface area (Å²) in [4.78, 5) is 0. The van der Waals surface area contributed by atoms with Crippen LogP contribution in [0.2, 0.25) is 0 Å². The van der Waals surface area contributed by atoms with Crippen LogP contribution in [0.15, 0.2) is 0 Å². The Kier molecular flexibility index (Phi) is 1.80.